The van der Waals surface area contributed by atoms with Crippen LogP contribution in [-0.2, 0) is 9.53 Å². The summed E-state index contributed by atoms with van der Waals surface area (Å²) in [4.78, 5) is 25.8. The van der Waals surface area contributed by atoms with Crippen molar-refractivity contribution in [3.63, 3.8) is 0 Å². The highest BCUT2D eigenvalue weighted by molar-refractivity contribution is 5.85. The molecule has 4 N–H and O–H groups in total. The molecule has 8 nitrogen and oxygen atoms in total. The van der Waals surface area contributed by atoms with E-state index >= 15 is 0 Å². The molecule has 1 aromatic heterocycles. The zero-order chi connectivity index (χ0) is 18.9. The van der Waals surface area contributed by atoms with Gasteiger partial charge >= 0.3 is 0 Å². The second kappa shape index (κ2) is 7.59. The molecule has 27 heavy (non-hydrogen) atoms. The van der Waals surface area contributed by atoms with Gasteiger partial charge < -0.3 is 21.1 Å². The molecule has 3 aliphatic rings. The van der Waals surface area contributed by atoms with Crippen molar-refractivity contribution in [1.82, 2.24) is 14.9 Å². The topological polar surface area (TPSA) is 111 Å². The van der Waals surface area contributed by atoms with Gasteiger partial charge in [0.2, 0.25) is 11.9 Å². The highest BCUT2D eigenvalue weighted by Gasteiger charge is 2.45. The Balaban J connectivity index is 1.50. The number of hydrogen-bond acceptors (Lipinski definition) is 7. The third kappa shape index (κ3) is 3.60. The summed E-state index contributed by atoms with van der Waals surface area (Å²) in [6.45, 7) is 4.89. The summed E-state index contributed by atoms with van der Waals surface area (Å²) in [7, 11) is 0. The highest BCUT2D eigenvalue weighted by Crippen LogP contribution is 2.34. The Hall–Kier alpha value is -1.93. The van der Waals surface area contributed by atoms with Gasteiger partial charge in [0.25, 0.3) is 0 Å². The number of carbonyl (C=O) groups excluding carboxylic acids is 1. The number of nitrogens with zero attached hydrogens (tertiary/aromatic N) is 4. The van der Waals surface area contributed by atoms with Gasteiger partial charge in [0.15, 0.2) is 0 Å². The largest absolute Gasteiger partial charge is 0.381 e. The van der Waals surface area contributed by atoms with Gasteiger partial charge in [-0.1, -0.05) is 6.42 Å². The molecule has 1 amide bonds. The summed E-state index contributed by atoms with van der Waals surface area (Å²) in [5.41, 5.74) is 12.3. The normalized spacial score (nSPS) is 26.2. The molecule has 0 aromatic carbocycles. The first-order valence-corrected chi connectivity index (χ1v) is 10.1. The van der Waals surface area contributed by atoms with E-state index in [1.807, 2.05) is 6.07 Å². The number of anilines is 2. The van der Waals surface area contributed by atoms with Crippen molar-refractivity contribution < 1.29 is 9.53 Å². The molecule has 4 heterocycles. The minimum Gasteiger partial charge on any atom is -0.381 e. The van der Waals surface area contributed by atoms with E-state index in [9.17, 15) is 4.79 Å². The van der Waals surface area contributed by atoms with E-state index < -0.39 is 5.54 Å². The average Bonchev–Trinajstić information content (AvgIpc) is 3.23. The summed E-state index contributed by atoms with van der Waals surface area (Å²) in [5.74, 6) is 1.25. The molecule has 0 aliphatic carbocycles. The van der Waals surface area contributed by atoms with Gasteiger partial charge in [0.05, 0.1) is 12.3 Å². The molecule has 1 aromatic rings. The van der Waals surface area contributed by atoms with E-state index in [0.717, 1.165) is 76.4 Å². The lowest BCUT2D eigenvalue weighted by Gasteiger charge is -2.48. The van der Waals surface area contributed by atoms with Crippen LogP contribution in [0.4, 0.5) is 11.8 Å². The predicted octanol–water partition coefficient (Wildman–Crippen LogP) is 0.873. The molecule has 1 unspecified atom stereocenters. The quantitative estimate of drug-likeness (QED) is 0.804. The van der Waals surface area contributed by atoms with Crippen LogP contribution in [0.1, 0.15) is 50.1 Å². The number of piperidine rings is 2. The van der Waals surface area contributed by atoms with E-state index in [1.54, 1.807) is 0 Å². The van der Waals surface area contributed by atoms with Gasteiger partial charge in [-0.25, -0.2) is 4.98 Å². The predicted molar refractivity (Wildman–Crippen MR) is 103 cm³/mol. The fraction of sp³-hybridized carbons (Fsp3) is 0.737. The van der Waals surface area contributed by atoms with Crippen LogP contribution in [0.3, 0.4) is 0 Å². The molecular weight excluding hydrogens is 344 g/mol. The first-order valence-electron chi connectivity index (χ1n) is 10.1. The Bertz CT molecular complexity index is 677. The molecule has 0 spiro atoms. The van der Waals surface area contributed by atoms with Gasteiger partial charge in [-0.2, -0.15) is 4.98 Å². The number of nitrogen functional groups attached to an aromatic ring is 1. The molecular formula is C19H30N6O2. The van der Waals surface area contributed by atoms with Gasteiger partial charge in [0.1, 0.15) is 11.4 Å². The molecule has 3 aliphatic heterocycles. The zero-order valence-electron chi connectivity index (χ0n) is 15.9. The van der Waals surface area contributed by atoms with Crippen molar-refractivity contribution in [1.29, 1.82) is 0 Å². The third-order valence-corrected chi connectivity index (χ3v) is 6.43. The number of hydrogen-bond donors (Lipinski definition) is 2. The number of likely N-dealkylation sites (tertiary alicyclic amines) is 1. The maximum absolute atomic E-state index is 12.4. The molecule has 0 bridgehead atoms. The maximum Gasteiger partial charge on any atom is 0.238 e. The number of ether oxygens (including phenoxy) is 1. The van der Waals surface area contributed by atoms with Crippen molar-refractivity contribution in [3.8, 4) is 0 Å². The smallest absolute Gasteiger partial charge is 0.238 e. The summed E-state index contributed by atoms with van der Waals surface area (Å²) in [5, 5.41) is 0. The monoisotopic (exact) mass is 374 g/mol. The maximum atomic E-state index is 12.4. The van der Waals surface area contributed by atoms with Crippen LogP contribution in [0, 0.1) is 0 Å². The van der Waals surface area contributed by atoms with Crippen molar-refractivity contribution >= 4 is 17.7 Å². The Morgan fingerprint density at radius 2 is 1.89 bits per heavy atom. The van der Waals surface area contributed by atoms with Crippen LogP contribution in [0.15, 0.2) is 6.07 Å². The van der Waals surface area contributed by atoms with Crippen LogP contribution in [0.5, 0.6) is 0 Å². The van der Waals surface area contributed by atoms with Crippen molar-refractivity contribution in [2.24, 2.45) is 5.73 Å². The molecule has 8 heteroatoms. The number of nitrogens with two attached hydrogens (primary N) is 2. The Labute approximate surface area is 160 Å². The lowest BCUT2D eigenvalue weighted by molar-refractivity contribution is -0.132. The first-order chi connectivity index (χ1) is 13.1. The number of primary amides is 1. The molecule has 0 saturated carbocycles. The van der Waals surface area contributed by atoms with Crippen LogP contribution in [-0.4, -0.2) is 65.7 Å². The Kier molecular flexibility index (Phi) is 5.19. The van der Waals surface area contributed by atoms with Crippen molar-refractivity contribution in [3.05, 3.63) is 11.8 Å². The van der Waals surface area contributed by atoms with E-state index in [2.05, 4.69) is 19.8 Å². The summed E-state index contributed by atoms with van der Waals surface area (Å²) < 4.78 is 5.49. The van der Waals surface area contributed by atoms with Gasteiger partial charge in [-0.15, -0.1) is 0 Å². The number of aromatic nitrogens is 2. The van der Waals surface area contributed by atoms with Gasteiger partial charge in [-0.05, 0) is 45.2 Å². The lowest BCUT2D eigenvalue weighted by Crippen LogP contribution is -2.63. The first kappa shape index (κ1) is 18.4. The van der Waals surface area contributed by atoms with E-state index in [-0.39, 0.29) is 11.8 Å². The molecule has 4 rings (SSSR count). The summed E-state index contributed by atoms with van der Waals surface area (Å²) in [6.07, 6.45) is 5.96. The Morgan fingerprint density at radius 3 is 2.52 bits per heavy atom. The fourth-order valence-corrected chi connectivity index (χ4v) is 4.76. The van der Waals surface area contributed by atoms with Crippen molar-refractivity contribution in [2.75, 3.05) is 50.0 Å². The fourth-order valence-electron chi connectivity index (χ4n) is 4.76. The third-order valence-electron chi connectivity index (χ3n) is 6.43. The summed E-state index contributed by atoms with van der Waals surface area (Å²) in [6, 6.07) is 2.04. The molecule has 148 valence electrons. The SMILES string of the molecule is NC(=O)C1(N2CCCCC2)CCN(c2cc(C3CCOC3)nc(N)n2)CC1. The van der Waals surface area contributed by atoms with Gasteiger partial charge in [-0.3, -0.25) is 9.69 Å². The molecule has 3 saturated heterocycles. The van der Waals surface area contributed by atoms with Crippen LogP contribution in [0.2, 0.25) is 0 Å². The standard InChI is InChI=1S/C19H30N6O2/c20-17(26)19(25-7-2-1-3-8-25)5-9-24(10-6-19)16-12-15(22-18(21)23-16)14-4-11-27-13-14/h12,14H,1-11,13H2,(H2,20,26)(H2,21,22,23). The van der Waals surface area contributed by atoms with E-state index in [4.69, 9.17) is 16.2 Å². The van der Waals surface area contributed by atoms with Crippen LogP contribution < -0.4 is 16.4 Å². The zero-order valence-corrected chi connectivity index (χ0v) is 15.9. The number of rotatable bonds is 4. The number of amides is 1. The minimum atomic E-state index is -0.516. The van der Waals surface area contributed by atoms with Crippen LogP contribution >= 0.6 is 0 Å². The molecule has 1 atom stereocenters. The molecule has 0 radical (unpaired) electrons. The molecule has 3 fully saturated rings. The minimum absolute atomic E-state index is 0.185. The van der Waals surface area contributed by atoms with E-state index in [0.29, 0.717) is 12.6 Å². The lowest BCUT2D eigenvalue weighted by atomic mass is 9.83. The Morgan fingerprint density at radius 1 is 1.15 bits per heavy atom. The van der Waals surface area contributed by atoms with Crippen LogP contribution in [0.25, 0.3) is 0 Å². The summed E-state index contributed by atoms with van der Waals surface area (Å²) >= 11 is 0. The second-order valence-corrected chi connectivity index (χ2v) is 8.00. The number of carbonyl (C=O) groups is 1. The average molecular weight is 374 g/mol. The second-order valence-electron chi connectivity index (χ2n) is 8.00. The van der Waals surface area contributed by atoms with E-state index in [1.165, 1.54) is 6.42 Å². The highest BCUT2D eigenvalue weighted by atomic mass is 16.5. The van der Waals surface area contributed by atoms with Crippen molar-refractivity contribution in [2.45, 2.75) is 50.0 Å². The van der Waals surface area contributed by atoms with Gasteiger partial charge in [0, 0.05) is 31.7 Å².